The number of hydrogen-bond donors (Lipinski definition) is 1. The maximum Gasteiger partial charge on any atom is 0.313 e. The van der Waals surface area contributed by atoms with Gasteiger partial charge in [0, 0.05) is 18.8 Å². The van der Waals surface area contributed by atoms with Gasteiger partial charge in [0.15, 0.2) is 0 Å². The van der Waals surface area contributed by atoms with Crippen LogP contribution in [0.25, 0.3) is 0 Å². The van der Waals surface area contributed by atoms with Crippen molar-refractivity contribution < 1.29 is 29.0 Å². The minimum Gasteiger partial charge on any atom is -0.461 e. The number of β-amino-alcohol motifs (C(OH)–C–C–N with tert-alkyl or cyclic N) is 1. The number of anilines is 1. The summed E-state index contributed by atoms with van der Waals surface area (Å²) in [6.45, 7) is 5.91. The van der Waals surface area contributed by atoms with Gasteiger partial charge in [-0.05, 0) is 43.5 Å². The number of aryl methyl sites for hydroxylation is 2. The number of esters is 1. The van der Waals surface area contributed by atoms with Crippen LogP contribution in [0.5, 0.6) is 0 Å². The molecule has 8 nitrogen and oxygen atoms in total. The summed E-state index contributed by atoms with van der Waals surface area (Å²) < 4.78 is 12.1. The third-order valence-corrected chi connectivity index (χ3v) is 7.69. The van der Waals surface area contributed by atoms with Crippen LogP contribution in [-0.2, 0) is 23.9 Å². The van der Waals surface area contributed by atoms with Crippen molar-refractivity contribution in [3.8, 4) is 0 Å². The van der Waals surface area contributed by atoms with E-state index >= 15 is 0 Å². The van der Waals surface area contributed by atoms with Crippen LogP contribution in [0.4, 0.5) is 5.69 Å². The molecular formula is C26H30N2O6. The van der Waals surface area contributed by atoms with E-state index in [0.717, 1.165) is 16.8 Å². The molecule has 0 aromatic heterocycles. The first-order valence-corrected chi connectivity index (χ1v) is 11.8. The molecule has 8 heteroatoms. The second-order valence-electron chi connectivity index (χ2n) is 9.55. The number of aliphatic hydroxyl groups is 1. The highest BCUT2D eigenvalue weighted by Crippen LogP contribution is 2.58. The first-order valence-electron chi connectivity index (χ1n) is 11.8. The number of benzene rings is 1. The average molecular weight is 467 g/mol. The number of rotatable bonds is 4. The minimum atomic E-state index is -1.34. The Kier molecular flexibility index (Phi) is 5.41. The van der Waals surface area contributed by atoms with Crippen LogP contribution in [0.3, 0.4) is 0 Å². The van der Waals surface area contributed by atoms with Crippen molar-refractivity contribution in [2.24, 2.45) is 11.8 Å². The molecule has 0 bridgehead atoms. The molecule has 1 N–H and O–H groups in total. The first kappa shape index (κ1) is 22.8. The molecule has 1 spiro atoms. The highest BCUT2D eigenvalue weighted by Gasteiger charge is 2.75. The molecule has 34 heavy (non-hydrogen) atoms. The largest absolute Gasteiger partial charge is 0.461 e. The summed E-state index contributed by atoms with van der Waals surface area (Å²) in [4.78, 5) is 44.2. The fraction of sp³-hybridized carbons (Fsp3) is 0.500. The predicted molar refractivity (Wildman–Crippen MR) is 124 cm³/mol. The molecule has 5 rings (SSSR count). The Balaban J connectivity index is 1.68. The van der Waals surface area contributed by atoms with Crippen molar-refractivity contribution in [3.05, 3.63) is 53.6 Å². The SMILES string of the molecule is CC[C@@]12C=CCOC(=O)[C@@H]1[C@H]1C(=O)N(CCO)C3C(=O)N(c4cc(C)ccc4C)CC=C[C@@]31O2. The lowest BCUT2D eigenvalue weighted by Crippen LogP contribution is -2.56. The number of carbonyl (C=O) groups excluding carboxylic acids is 3. The van der Waals surface area contributed by atoms with Crippen LogP contribution >= 0.6 is 0 Å². The Morgan fingerprint density at radius 1 is 1.09 bits per heavy atom. The van der Waals surface area contributed by atoms with Crippen LogP contribution in [0.2, 0.25) is 0 Å². The number of ether oxygens (including phenoxy) is 2. The van der Waals surface area contributed by atoms with E-state index in [-0.39, 0.29) is 31.6 Å². The Morgan fingerprint density at radius 3 is 2.62 bits per heavy atom. The smallest absolute Gasteiger partial charge is 0.313 e. The lowest BCUT2D eigenvalue weighted by atomic mass is 9.73. The molecule has 180 valence electrons. The zero-order chi connectivity index (χ0) is 24.3. The molecule has 5 atom stereocenters. The standard InChI is InChI=1S/C26H30N2O6/c1-4-25-9-6-14-33-24(32)20(25)19-22(30)28(12-13-29)21-23(31)27(11-5-10-26(19,21)34-25)18-15-16(2)7-8-17(18)3/h5-10,15,19-21,29H,4,11-14H2,1-3H3/t19-,20-,21?,25+,26-/m0/s1. The monoisotopic (exact) mass is 466 g/mol. The number of cyclic esters (lactones) is 1. The van der Waals surface area contributed by atoms with Crippen molar-refractivity contribution in [2.75, 3.05) is 31.2 Å². The molecule has 0 saturated carbocycles. The quantitative estimate of drug-likeness (QED) is 0.536. The van der Waals surface area contributed by atoms with Gasteiger partial charge in [0.1, 0.15) is 29.8 Å². The highest BCUT2D eigenvalue weighted by molar-refractivity contribution is 6.06. The van der Waals surface area contributed by atoms with E-state index in [4.69, 9.17) is 9.47 Å². The van der Waals surface area contributed by atoms with Crippen LogP contribution < -0.4 is 4.90 Å². The number of aliphatic hydroxyl groups excluding tert-OH is 1. The molecule has 1 unspecified atom stereocenters. The van der Waals surface area contributed by atoms with Gasteiger partial charge in [-0.25, -0.2) is 0 Å². The summed E-state index contributed by atoms with van der Waals surface area (Å²) >= 11 is 0. The molecule has 1 aromatic rings. The molecule has 2 amide bonds. The third-order valence-electron chi connectivity index (χ3n) is 7.69. The van der Waals surface area contributed by atoms with Gasteiger partial charge in [0.2, 0.25) is 5.91 Å². The first-order chi connectivity index (χ1) is 16.3. The van der Waals surface area contributed by atoms with Crippen LogP contribution in [0.15, 0.2) is 42.5 Å². The fourth-order valence-electron chi connectivity index (χ4n) is 6.17. The number of hydrogen-bond acceptors (Lipinski definition) is 6. The summed E-state index contributed by atoms with van der Waals surface area (Å²) in [5, 5.41) is 9.76. The Morgan fingerprint density at radius 2 is 1.88 bits per heavy atom. The molecule has 0 radical (unpaired) electrons. The van der Waals surface area contributed by atoms with Gasteiger partial charge in [0.05, 0.1) is 12.5 Å². The van der Waals surface area contributed by atoms with E-state index in [2.05, 4.69) is 0 Å². The highest BCUT2D eigenvalue weighted by atomic mass is 16.6. The van der Waals surface area contributed by atoms with Gasteiger partial charge in [-0.2, -0.15) is 0 Å². The zero-order valence-corrected chi connectivity index (χ0v) is 19.7. The number of amides is 2. The van der Waals surface area contributed by atoms with Crippen molar-refractivity contribution in [1.82, 2.24) is 4.90 Å². The van der Waals surface area contributed by atoms with E-state index in [1.165, 1.54) is 4.90 Å². The average Bonchev–Trinajstić information content (AvgIpc) is 3.08. The van der Waals surface area contributed by atoms with Gasteiger partial charge in [0.25, 0.3) is 5.91 Å². The third kappa shape index (κ3) is 3.01. The number of nitrogens with zero attached hydrogens (tertiary/aromatic N) is 2. The van der Waals surface area contributed by atoms with Gasteiger partial charge in [-0.15, -0.1) is 0 Å². The van der Waals surface area contributed by atoms with E-state index in [1.54, 1.807) is 17.1 Å². The summed E-state index contributed by atoms with van der Waals surface area (Å²) in [7, 11) is 0. The van der Waals surface area contributed by atoms with Crippen molar-refractivity contribution >= 4 is 23.5 Å². The minimum absolute atomic E-state index is 0.0257. The number of likely N-dealkylation sites (tertiary alicyclic amines) is 1. The van der Waals surface area contributed by atoms with Crippen LogP contribution in [0, 0.1) is 25.7 Å². The Bertz CT molecular complexity index is 1110. The molecular weight excluding hydrogens is 436 g/mol. The summed E-state index contributed by atoms with van der Waals surface area (Å²) in [6, 6.07) is 4.90. The summed E-state index contributed by atoms with van der Waals surface area (Å²) in [5.41, 5.74) is 0.338. The van der Waals surface area contributed by atoms with Crippen molar-refractivity contribution in [1.29, 1.82) is 0 Å². The summed E-state index contributed by atoms with van der Waals surface area (Å²) in [6.07, 6.45) is 7.67. The summed E-state index contributed by atoms with van der Waals surface area (Å²) in [5.74, 6) is -2.95. The maximum atomic E-state index is 14.2. The number of carbonyl (C=O) groups is 3. The topological polar surface area (TPSA) is 96.4 Å². The van der Waals surface area contributed by atoms with Crippen LogP contribution in [0.1, 0.15) is 24.5 Å². The fourth-order valence-corrected chi connectivity index (χ4v) is 6.17. The molecule has 1 aromatic carbocycles. The molecule has 2 saturated heterocycles. The lowest BCUT2D eigenvalue weighted by Gasteiger charge is -2.38. The zero-order valence-electron chi connectivity index (χ0n) is 19.7. The maximum absolute atomic E-state index is 14.2. The van der Waals surface area contributed by atoms with Gasteiger partial charge >= 0.3 is 5.97 Å². The molecule has 0 aliphatic carbocycles. The lowest BCUT2D eigenvalue weighted by molar-refractivity contribution is -0.157. The second-order valence-corrected chi connectivity index (χ2v) is 9.55. The van der Waals surface area contributed by atoms with E-state index in [1.807, 2.05) is 51.1 Å². The molecule has 4 heterocycles. The Hall–Kier alpha value is -2.97. The van der Waals surface area contributed by atoms with Crippen LogP contribution in [-0.4, -0.2) is 71.3 Å². The van der Waals surface area contributed by atoms with E-state index in [9.17, 15) is 19.5 Å². The molecule has 2 fully saturated rings. The van der Waals surface area contributed by atoms with E-state index in [0.29, 0.717) is 13.0 Å². The van der Waals surface area contributed by atoms with Gasteiger partial charge < -0.3 is 24.4 Å². The predicted octanol–water partition coefficient (Wildman–Crippen LogP) is 1.67. The number of fused-ring (bicyclic) bond motifs is 2. The second kappa shape index (κ2) is 8.06. The normalized spacial score (nSPS) is 34.5. The van der Waals surface area contributed by atoms with E-state index < -0.39 is 35.0 Å². The van der Waals surface area contributed by atoms with Gasteiger partial charge in [-0.3, -0.25) is 14.4 Å². The van der Waals surface area contributed by atoms with Crippen molar-refractivity contribution in [3.63, 3.8) is 0 Å². The molecule has 4 aliphatic rings. The van der Waals surface area contributed by atoms with Gasteiger partial charge in [-0.1, -0.05) is 37.3 Å². The van der Waals surface area contributed by atoms with Crippen molar-refractivity contribution in [2.45, 2.75) is 44.4 Å². The Labute approximate surface area is 198 Å². The molecule has 4 aliphatic heterocycles.